The van der Waals surface area contributed by atoms with Gasteiger partial charge >= 0.3 is 0 Å². The first kappa shape index (κ1) is 12.1. The molecule has 1 aliphatic rings. The van der Waals surface area contributed by atoms with Gasteiger partial charge in [-0.05, 0) is 19.8 Å². The Morgan fingerprint density at radius 3 is 2.82 bits per heavy atom. The monoisotopic (exact) mass is 237 g/mol. The Morgan fingerprint density at radius 1 is 1.35 bits per heavy atom. The highest BCUT2D eigenvalue weighted by Gasteiger charge is 2.23. The van der Waals surface area contributed by atoms with Crippen LogP contribution in [-0.4, -0.2) is 27.2 Å². The zero-order valence-electron chi connectivity index (χ0n) is 9.98. The summed E-state index contributed by atoms with van der Waals surface area (Å²) in [6.45, 7) is 1.88. The number of aliphatic hydroxyl groups excluding tert-OH is 1. The minimum absolute atomic E-state index is 0.0728. The first-order valence-corrected chi connectivity index (χ1v) is 5.96. The van der Waals surface area contributed by atoms with Crippen LogP contribution in [0.3, 0.4) is 0 Å². The van der Waals surface area contributed by atoms with Gasteiger partial charge < -0.3 is 10.4 Å². The van der Waals surface area contributed by atoms with Crippen molar-refractivity contribution in [1.29, 1.82) is 0 Å². The maximum Gasteiger partial charge on any atom is 0.239 e. The van der Waals surface area contributed by atoms with Crippen molar-refractivity contribution in [2.45, 2.75) is 44.8 Å². The molecule has 5 N–H and O–H groups in total. The summed E-state index contributed by atoms with van der Waals surface area (Å²) in [6.07, 6.45) is 3.76. The van der Waals surface area contributed by atoms with E-state index in [1.165, 1.54) is 0 Å². The van der Waals surface area contributed by atoms with Gasteiger partial charge in [0, 0.05) is 11.8 Å². The largest absolute Gasteiger partial charge is 0.391 e. The molecule has 1 aromatic rings. The third-order valence-corrected chi connectivity index (χ3v) is 3.05. The van der Waals surface area contributed by atoms with Crippen molar-refractivity contribution in [3.8, 4) is 0 Å². The molecule has 0 aromatic carbocycles. The van der Waals surface area contributed by atoms with Crippen LogP contribution in [0.4, 0.5) is 11.8 Å². The number of anilines is 2. The Kier molecular flexibility index (Phi) is 3.75. The van der Waals surface area contributed by atoms with Gasteiger partial charge in [-0.1, -0.05) is 12.8 Å². The zero-order valence-corrected chi connectivity index (χ0v) is 9.98. The van der Waals surface area contributed by atoms with Crippen LogP contribution in [0, 0.1) is 6.92 Å². The Morgan fingerprint density at radius 2 is 2.12 bits per heavy atom. The Hall–Kier alpha value is -1.40. The van der Waals surface area contributed by atoms with Gasteiger partial charge in [0.2, 0.25) is 5.95 Å². The minimum atomic E-state index is -0.298. The number of aryl methyl sites for hydroxylation is 1. The number of hydrazine groups is 1. The molecule has 17 heavy (non-hydrogen) atoms. The molecule has 1 saturated carbocycles. The van der Waals surface area contributed by atoms with Crippen LogP contribution in [0.25, 0.3) is 0 Å². The second kappa shape index (κ2) is 5.29. The van der Waals surface area contributed by atoms with Crippen molar-refractivity contribution in [2.24, 2.45) is 5.84 Å². The van der Waals surface area contributed by atoms with Crippen molar-refractivity contribution in [1.82, 2.24) is 9.97 Å². The molecule has 0 bridgehead atoms. The Labute approximate surface area is 101 Å². The van der Waals surface area contributed by atoms with E-state index in [2.05, 4.69) is 20.7 Å². The van der Waals surface area contributed by atoms with Crippen LogP contribution in [-0.2, 0) is 0 Å². The number of nitrogens with zero attached hydrogens (tertiary/aromatic N) is 2. The van der Waals surface area contributed by atoms with E-state index in [9.17, 15) is 5.11 Å². The molecule has 0 radical (unpaired) electrons. The number of hydrogen-bond acceptors (Lipinski definition) is 6. The molecular weight excluding hydrogens is 218 g/mol. The average molecular weight is 237 g/mol. The van der Waals surface area contributed by atoms with Gasteiger partial charge in [-0.25, -0.2) is 10.8 Å². The van der Waals surface area contributed by atoms with E-state index in [4.69, 9.17) is 5.84 Å². The van der Waals surface area contributed by atoms with Crippen LogP contribution < -0.4 is 16.6 Å². The molecule has 1 aromatic heterocycles. The number of nitrogens with two attached hydrogens (primary N) is 1. The minimum Gasteiger partial charge on any atom is -0.391 e. The molecule has 0 amide bonds. The number of aromatic nitrogens is 2. The van der Waals surface area contributed by atoms with Gasteiger partial charge in [0.1, 0.15) is 5.82 Å². The molecule has 6 nitrogen and oxygen atoms in total. The van der Waals surface area contributed by atoms with E-state index in [1.807, 2.05) is 13.0 Å². The lowest BCUT2D eigenvalue weighted by Crippen LogP contribution is -2.36. The number of nitrogen functional groups attached to an aromatic ring is 1. The highest BCUT2D eigenvalue weighted by Crippen LogP contribution is 2.22. The highest BCUT2D eigenvalue weighted by atomic mass is 16.3. The summed E-state index contributed by atoms with van der Waals surface area (Å²) < 4.78 is 0. The average Bonchev–Trinajstić information content (AvgIpc) is 2.31. The van der Waals surface area contributed by atoms with Gasteiger partial charge in [-0.2, -0.15) is 4.98 Å². The van der Waals surface area contributed by atoms with Gasteiger partial charge in [0.15, 0.2) is 0 Å². The van der Waals surface area contributed by atoms with Crippen LogP contribution in [0.5, 0.6) is 0 Å². The molecule has 1 heterocycles. The number of hydrogen-bond donors (Lipinski definition) is 4. The molecule has 1 aliphatic carbocycles. The zero-order chi connectivity index (χ0) is 12.3. The van der Waals surface area contributed by atoms with E-state index in [-0.39, 0.29) is 12.1 Å². The standard InChI is InChI=1S/C11H19N5O/c1-7-6-10(15-11(13-7)16-12)14-8-4-2-3-5-9(8)17/h6,8-9,17H,2-5,12H2,1H3,(H2,13,14,15,16). The second-order valence-corrected chi connectivity index (χ2v) is 4.47. The topological polar surface area (TPSA) is 96.1 Å². The fraction of sp³-hybridized carbons (Fsp3) is 0.636. The SMILES string of the molecule is Cc1cc(NC2CCCCC2O)nc(NN)n1. The predicted octanol–water partition coefficient (Wildman–Crippen LogP) is 0.786. The van der Waals surface area contributed by atoms with Gasteiger partial charge in [0.05, 0.1) is 12.1 Å². The summed E-state index contributed by atoms with van der Waals surface area (Å²) in [5.41, 5.74) is 3.27. The third-order valence-electron chi connectivity index (χ3n) is 3.05. The van der Waals surface area contributed by atoms with Crippen LogP contribution in [0.1, 0.15) is 31.4 Å². The van der Waals surface area contributed by atoms with E-state index < -0.39 is 0 Å². The van der Waals surface area contributed by atoms with E-state index in [1.54, 1.807) is 0 Å². The molecular formula is C11H19N5O. The van der Waals surface area contributed by atoms with Gasteiger partial charge in [-0.3, -0.25) is 5.43 Å². The molecule has 0 spiro atoms. The highest BCUT2D eigenvalue weighted by molar-refractivity contribution is 5.42. The number of aliphatic hydroxyl groups is 1. The Balaban J connectivity index is 2.09. The summed E-state index contributed by atoms with van der Waals surface area (Å²) >= 11 is 0. The molecule has 0 aliphatic heterocycles. The number of rotatable bonds is 3. The van der Waals surface area contributed by atoms with Crippen molar-refractivity contribution < 1.29 is 5.11 Å². The third kappa shape index (κ3) is 3.04. The van der Waals surface area contributed by atoms with E-state index in [0.29, 0.717) is 11.8 Å². The van der Waals surface area contributed by atoms with E-state index in [0.717, 1.165) is 31.4 Å². The maximum absolute atomic E-state index is 9.88. The summed E-state index contributed by atoms with van der Waals surface area (Å²) in [7, 11) is 0. The van der Waals surface area contributed by atoms with Crippen LogP contribution >= 0.6 is 0 Å². The predicted molar refractivity (Wildman–Crippen MR) is 66.5 cm³/mol. The second-order valence-electron chi connectivity index (χ2n) is 4.47. The van der Waals surface area contributed by atoms with Crippen molar-refractivity contribution in [3.63, 3.8) is 0 Å². The fourth-order valence-electron chi connectivity index (χ4n) is 2.18. The summed E-state index contributed by atoms with van der Waals surface area (Å²) in [4.78, 5) is 8.33. The summed E-state index contributed by atoms with van der Waals surface area (Å²) in [5, 5.41) is 13.1. The molecule has 1 fully saturated rings. The summed E-state index contributed by atoms with van der Waals surface area (Å²) in [6, 6.07) is 1.92. The maximum atomic E-state index is 9.88. The van der Waals surface area contributed by atoms with Crippen LogP contribution in [0.15, 0.2) is 6.07 Å². The van der Waals surface area contributed by atoms with Crippen molar-refractivity contribution in [2.75, 3.05) is 10.7 Å². The molecule has 6 heteroatoms. The molecule has 2 atom stereocenters. The van der Waals surface area contributed by atoms with E-state index >= 15 is 0 Å². The lowest BCUT2D eigenvalue weighted by Gasteiger charge is -2.28. The first-order chi connectivity index (χ1) is 8.19. The van der Waals surface area contributed by atoms with Crippen molar-refractivity contribution in [3.05, 3.63) is 11.8 Å². The number of nitrogens with one attached hydrogen (secondary N) is 2. The van der Waals surface area contributed by atoms with Gasteiger partial charge in [-0.15, -0.1) is 0 Å². The smallest absolute Gasteiger partial charge is 0.239 e. The van der Waals surface area contributed by atoms with Crippen LogP contribution in [0.2, 0.25) is 0 Å². The molecule has 2 unspecified atom stereocenters. The lowest BCUT2D eigenvalue weighted by molar-refractivity contribution is 0.116. The summed E-state index contributed by atoms with van der Waals surface area (Å²) in [5.74, 6) is 6.39. The van der Waals surface area contributed by atoms with Gasteiger partial charge in [0.25, 0.3) is 0 Å². The first-order valence-electron chi connectivity index (χ1n) is 5.96. The molecule has 0 saturated heterocycles. The molecule has 2 rings (SSSR count). The fourth-order valence-corrected chi connectivity index (χ4v) is 2.18. The normalized spacial score (nSPS) is 24.4. The quantitative estimate of drug-likeness (QED) is 0.458. The molecule has 94 valence electrons. The van der Waals surface area contributed by atoms with Crippen molar-refractivity contribution >= 4 is 11.8 Å². The Bertz CT molecular complexity index is 384. The lowest BCUT2D eigenvalue weighted by atomic mass is 9.92.